The SMILES string of the molecule is CC(C(=O)O)=C(C)C(=O)Nc1ccc(-n2cccn2)nc1. The normalized spacial score (nSPS) is 11.7. The van der Waals surface area contributed by atoms with Crippen LogP contribution in [-0.4, -0.2) is 31.7 Å². The van der Waals surface area contributed by atoms with Crippen LogP contribution in [0.3, 0.4) is 0 Å². The lowest BCUT2D eigenvalue weighted by Crippen LogP contribution is -2.16. The molecule has 1 amide bonds. The lowest BCUT2D eigenvalue weighted by molar-refractivity contribution is -0.133. The van der Waals surface area contributed by atoms with Gasteiger partial charge >= 0.3 is 5.97 Å². The predicted octanol–water partition coefficient (Wildman–Crippen LogP) is 1.63. The zero-order chi connectivity index (χ0) is 15.4. The Balaban J connectivity index is 2.12. The van der Waals surface area contributed by atoms with Crippen LogP contribution in [0.25, 0.3) is 5.82 Å². The number of pyridine rings is 1. The summed E-state index contributed by atoms with van der Waals surface area (Å²) < 4.78 is 1.59. The summed E-state index contributed by atoms with van der Waals surface area (Å²) in [5.74, 6) is -0.967. The van der Waals surface area contributed by atoms with Crippen molar-refractivity contribution in [1.29, 1.82) is 0 Å². The minimum Gasteiger partial charge on any atom is -0.478 e. The largest absolute Gasteiger partial charge is 0.478 e. The van der Waals surface area contributed by atoms with Gasteiger partial charge in [-0.2, -0.15) is 5.10 Å². The van der Waals surface area contributed by atoms with Crippen LogP contribution in [0.4, 0.5) is 5.69 Å². The van der Waals surface area contributed by atoms with Crippen LogP contribution in [0.2, 0.25) is 0 Å². The molecule has 0 spiro atoms. The van der Waals surface area contributed by atoms with E-state index in [4.69, 9.17) is 5.11 Å². The molecule has 0 atom stereocenters. The Morgan fingerprint density at radius 1 is 1.24 bits per heavy atom. The average Bonchev–Trinajstić information content (AvgIpc) is 3.00. The fourth-order valence-corrected chi connectivity index (χ4v) is 1.56. The summed E-state index contributed by atoms with van der Waals surface area (Å²) in [6.07, 6.45) is 4.88. The van der Waals surface area contributed by atoms with E-state index in [0.717, 1.165) is 0 Å². The van der Waals surface area contributed by atoms with Gasteiger partial charge in [0.15, 0.2) is 5.82 Å². The number of carbonyl (C=O) groups excluding carboxylic acids is 1. The monoisotopic (exact) mass is 286 g/mol. The molecule has 0 unspecified atom stereocenters. The number of rotatable bonds is 4. The number of hydrogen-bond acceptors (Lipinski definition) is 4. The first-order valence-corrected chi connectivity index (χ1v) is 6.17. The van der Waals surface area contributed by atoms with Crippen molar-refractivity contribution in [2.24, 2.45) is 0 Å². The molecule has 0 bridgehead atoms. The number of anilines is 1. The van der Waals surface area contributed by atoms with Gasteiger partial charge in [0.05, 0.1) is 11.9 Å². The first kappa shape index (κ1) is 14.4. The Hall–Kier alpha value is -2.96. The number of carboxylic acid groups (broad SMARTS) is 1. The van der Waals surface area contributed by atoms with Crippen LogP contribution in [0.1, 0.15) is 13.8 Å². The smallest absolute Gasteiger partial charge is 0.331 e. The standard InChI is InChI=1S/C14H14N4O3/c1-9(10(2)14(20)21)13(19)17-11-4-5-12(15-8-11)18-7-3-6-16-18/h3-8H,1-2H3,(H,17,19)(H,20,21). The topological polar surface area (TPSA) is 97.1 Å². The molecule has 2 aromatic heterocycles. The van der Waals surface area contributed by atoms with Crippen LogP contribution in [-0.2, 0) is 9.59 Å². The molecule has 21 heavy (non-hydrogen) atoms. The van der Waals surface area contributed by atoms with Gasteiger partial charge in [-0.3, -0.25) is 4.79 Å². The van der Waals surface area contributed by atoms with E-state index in [1.807, 2.05) is 0 Å². The Bertz CT molecular complexity index is 688. The quantitative estimate of drug-likeness (QED) is 0.832. The molecule has 7 nitrogen and oxygen atoms in total. The van der Waals surface area contributed by atoms with Crippen LogP contribution >= 0.6 is 0 Å². The van der Waals surface area contributed by atoms with Crippen molar-refractivity contribution in [1.82, 2.24) is 14.8 Å². The molecule has 2 rings (SSSR count). The summed E-state index contributed by atoms with van der Waals surface area (Å²) in [5, 5.41) is 15.5. The highest BCUT2D eigenvalue weighted by molar-refractivity contribution is 6.07. The molecule has 0 saturated heterocycles. The van der Waals surface area contributed by atoms with E-state index in [0.29, 0.717) is 11.5 Å². The number of aliphatic carboxylic acids is 1. The minimum atomic E-state index is -1.12. The first-order valence-electron chi connectivity index (χ1n) is 6.17. The van der Waals surface area contributed by atoms with Crippen molar-refractivity contribution >= 4 is 17.6 Å². The number of aromatic nitrogens is 3. The summed E-state index contributed by atoms with van der Waals surface area (Å²) in [5.41, 5.74) is 0.640. The van der Waals surface area contributed by atoms with Crippen molar-refractivity contribution in [2.75, 3.05) is 5.32 Å². The molecule has 0 aliphatic heterocycles. The molecule has 7 heteroatoms. The van der Waals surface area contributed by atoms with Crippen molar-refractivity contribution in [3.63, 3.8) is 0 Å². The Morgan fingerprint density at radius 2 is 2.00 bits per heavy atom. The number of amides is 1. The van der Waals surface area contributed by atoms with Gasteiger partial charge in [0, 0.05) is 23.5 Å². The maximum atomic E-state index is 11.9. The maximum Gasteiger partial charge on any atom is 0.331 e. The van der Waals surface area contributed by atoms with Gasteiger partial charge in [-0.25, -0.2) is 14.5 Å². The second kappa shape index (κ2) is 6.00. The first-order chi connectivity index (χ1) is 9.99. The number of nitrogens with one attached hydrogen (secondary N) is 1. The molecule has 0 aromatic carbocycles. The molecule has 0 fully saturated rings. The average molecular weight is 286 g/mol. The fraction of sp³-hybridized carbons (Fsp3) is 0.143. The molecule has 2 heterocycles. The Kier molecular flexibility index (Phi) is 4.13. The molecule has 2 aromatic rings. The fourth-order valence-electron chi connectivity index (χ4n) is 1.56. The third-order valence-electron chi connectivity index (χ3n) is 2.97. The molecular formula is C14H14N4O3. The minimum absolute atomic E-state index is 0.00798. The summed E-state index contributed by atoms with van der Waals surface area (Å²) >= 11 is 0. The number of hydrogen-bond donors (Lipinski definition) is 2. The van der Waals surface area contributed by atoms with Crippen LogP contribution in [0.15, 0.2) is 47.9 Å². The summed E-state index contributed by atoms with van der Waals surface area (Å²) in [6, 6.07) is 5.15. The second-order valence-electron chi connectivity index (χ2n) is 4.36. The van der Waals surface area contributed by atoms with E-state index in [1.54, 1.807) is 35.3 Å². The van der Waals surface area contributed by atoms with E-state index in [9.17, 15) is 9.59 Å². The summed E-state index contributed by atoms with van der Waals surface area (Å²) in [4.78, 5) is 26.9. The van der Waals surface area contributed by atoms with Gasteiger partial charge < -0.3 is 10.4 Å². The molecule has 2 N–H and O–H groups in total. The Morgan fingerprint density at radius 3 is 2.52 bits per heavy atom. The van der Waals surface area contributed by atoms with Crippen LogP contribution in [0.5, 0.6) is 0 Å². The number of carboxylic acids is 1. The van der Waals surface area contributed by atoms with Crippen molar-refractivity contribution < 1.29 is 14.7 Å². The van der Waals surface area contributed by atoms with Crippen molar-refractivity contribution in [2.45, 2.75) is 13.8 Å². The van der Waals surface area contributed by atoms with Crippen molar-refractivity contribution in [3.05, 3.63) is 47.9 Å². The van der Waals surface area contributed by atoms with Gasteiger partial charge in [-0.1, -0.05) is 0 Å². The van der Waals surface area contributed by atoms with Gasteiger partial charge in [0.2, 0.25) is 0 Å². The second-order valence-corrected chi connectivity index (χ2v) is 4.36. The molecule has 0 aliphatic carbocycles. The van der Waals surface area contributed by atoms with Crippen molar-refractivity contribution in [3.8, 4) is 5.82 Å². The molecule has 108 valence electrons. The van der Waals surface area contributed by atoms with Gasteiger partial charge in [-0.05, 0) is 32.0 Å². The van der Waals surface area contributed by atoms with E-state index >= 15 is 0 Å². The molecule has 0 aliphatic rings. The summed E-state index contributed by atoms with van der Waals surface area (Å²) in [6.45, 7) is 2.85. The number of nitrogens with zero attached hydrogens (tertiary/aromatic N) is 3. The van der Waals surface area contributed by atoms with Crippen LogP contribution in [0, 0.1) is 0 Å². The van der Waals surface area contributed by atoms with Gasteiger partial charge in [-0.15, -0.1) is 0 Å². The third-order valence-corrected chi connectivity index (χ3v) is 2.97. The molecular weight excluding hydrogens is 272 g/mol. The van der Waals surface area contributed by atoms with E-state index in [2.05, 4.69) is 15.4 Å². The van der Waals surface area contributed by atoms with E-state index in [-0.39, 0.29) is 11.1 Å². The highest BCUT2D eigenvalue weighted by Gasteiger charge is 2.13. The number of carbonyl (C=O) groups is 2. The van der Waals surface area contributed by atoms with E-state index < -0.39 is 11.9 Å². The zero-order valence-electron chi connectivity index (χ0n) is 11.6. The van der Waals surface area contributed by atoms with Crippen LogP contribution < -0.4 is 5.32 Å². The lowest BCUT2D eigenvalue weighted by Gasteiger charge is -2.07. The molecule has 0 radical (unpaired) electrons. The van der Waals surface area contributed by atoms with Gasteiger partial charge in [0.1, 0.15) is 0 Å². The maximum absolute atomic E-state index is 11.9. The molecule has 0 saturated carbocycles. The lowest BCUT2D eigenvalue weighted by atomic mass is 10.1. The highest BCUT2D eigenvalue weighted by Crippen LogP contribution is 2.12. The highest BCUT2D eigenvalue weighted by atomic mass is 16.4. The van der Waals surface area contributed by atoms with Gasteiger partial charge in [0.25, 0.3) is 5.91 Å². The zero-order valence-corrected chi connectivity index (χ0v) is 11.6. The summed E-state index contributed by atoms with van der Waals surface area (Å²) in [7, 11) is 0. The Labute approximate surface area is 120 Å². The predicted molar refractivity (Wildman–Crippen MR) is 76.0 cm³/mol. The third kappa shape index (κ3) is 3.33. The van der Waals surface area contributed by atoms with E-state index in [1.165, 1.54) is 20.0 Å².